The van der Waals surface area contributed by atoms with Crippen LogP contribution >= 0.6 is 22.7 Å². The standard InChI is InChI=1S/C16H18O15S5/c1-3-28-35(24,25)30-9-5-7-32-12(9)11(14(17)18)16(15(19)20,34(21,22)23)13-10(6-8-33-13)31-36(26,27)29-4-2/h5-8,11H,3-4H2,1-2H3,(H,17,18)(H,19,20)(H,21,22,23). The molecule has 20 heteroatoms. The summed E-state index contributed by atoms with van der Waals surface area (Å²) in [5.41, 5.74) is 0. The summed E-state index contributed by atoms with van der Waals surface area (Å²) in [6.45, 7) is 1.74. The summed E-state index contributed by atoms with van der Waals surface area (Å²) in [7, 11) is -15.7. The monoisotopic (exact) mass is 610 g/mol. The lowest BCUT2D eigenvalue weighted by atomic mass is 9.87. The molecule has 3 N–H and O–H groups in total. The third-order valence-electron chi connectivity index (χ3n) is 4.17. The van der Waals surface area contributed by atoms with Crippen LogP contribution in [0.2, 0.25) is 0 Å². The minimum atomic E-state index is -6.00. The van der Waals surface area contributed by atoms with Gasteiger partial charge in [0, 0.05) is 0 Å². The molecule has 15 nitrogen and oxygen atoms in total. The molecule has 2 heterocycles. The van der Waals surface area contributed by atoms with Crippen LogP contribution in [0.15, 0.2) is 22.9 Å². The van der Waals surface area contributed by atoms with E-state index in [1.807, 2.05) is 0 Å². The Balaban J connectivity index is 2.91. The quantitative estimate of drug-likeness (QED) is 0.255. The molecule has 0 fully saturated rings. The molecule has 0 bridgehead atoms. The molecule has 2 rings (SSSR count). The van der Waals surface area contributed by atoms with E-state index >= 15 is 0 Å². The molecule has 0 radical (unpaired) electrons. The highest BCUT2D eigenvalue weighted by molar-refractivity contribution is 7.88. The maximum Gasteiger partial charge on any atom is 0.449 e. The molecule has 0 aliphatic carbocycles. The van der Waals surface area contributed by atoms with Gasteiger partial charge >= 0.3 is 32.7 Å². The summed E-state index contributed by atoms with van der Waals surface area (Å²) in [5, 5.41) is 22.1. The lowest BCUT2D eigenvalue weighted by Gasteiger charge is -2.31. The Morgan fingerprint density at radius 1 is 0.889 bits per heavy atom. The SMILES string of the molecule is CCOS(=O)(=O)Oc1ccsc1C(C(=O)O)C(C(=O)O)(c1sccc1OS(=O)(=O)OCC)S(=O)(=O)O. The molecule has 0 saturated carbocycles. The summed E-state index contributed by atoms with van der Waals surface area (Å²) in [6.07, 6.45) is 0. The average molecular weight is 611 g/mol. The van der Waals surface area contributed by atoms with Gasteiger partial charge in [-0.2, -0.15) is 25.3 Å². The van der Waals surface area contributed by atoms with E-state index in [2.05, 4.69) is 16.7 Å². The van der Waals surface area contributed by atoms with E-state index in [-0.39, 0.29) is 11.3 Å². The molecular weight excluding hydrogens is 592 g/mol. The number of carboxylic acids is 2. The Bertz CT molecular complexity index is 1430. The first-order valence-electron chi connectivity index (χ1n) is 9.30. The molecule has 202 valence electrons. The Labute approximate surface area is 213 Å². The van der Waals surface area contributed by atoms with Crippen molar-refractivity contribution in [3.8, 4) is 11.5 Å². The molecule has 2 unspecified atom stereocenters. The molecule has 0 saturated heterocycles. The highest BCUT2D eigenvalue weighted by Crippen LogP contribution is 2.53. The molecule has 2 atom stereocenters. The van der Waals surface area contributed by atoms with Crippen LogP contribution < -0.4 is 8.37 Å². The van der Waals surface area contributed by atoms with Crippen LogP contribution in [0.4, 0.5) is 0 Å². The fraction of sp³-hybridized carbons (Fsp3) is 0.375. The van der Waals surface area contributed by atoms with Crippen LogP contribution in [-0.2, 0) is 53.6 Å². The zero-order chi connectivity index (χ0) is 27.5. The van der Waals surface area contributed by atoms with E-state index < -0.39 is 88.0 Å². The van der Waals surface area contributed by atoms with Gasteiger partial charge in [-0.25, -0.2) is 13.2 Å². The van der Waals surface area contributed by atoms with Crippen LogP contribution in [0.5, 0.6) is 11.5 Å². The third-order valence-corrected chi connectivity index (χ3v) is 9.54. The van der Waals surface area contributed by atoms with Crippen molar-refractivity contribution in [1.82, 2.24) is 0 Å². The van der Waals surface area contributed by atoms with Crippen LogP contribution in [0.25, 0.3) is 0 Å². The predicted octanol–water partition coefficient (Wildman–Crippen LogP) is 1.17. The van der Waals surface area contributed by atoms with Crippen molar-refractivity contribution in [2.24, 2.45) is 0 Å². The van der Waals surface area contributed by atoms with Gasteiger partial charge in [-0.1, -0.05) is 0 Å². The minimum absolute atomic E-state index is 0.233. The fourth-order valence-electron chi connectivity index (χ4n) is 2.98. The van der Waals surface area contributed by atoms with Gasteiger partial charge in [0.15, 0.2) is 11.5 Å². The van der Waals surface area contributed by atoms with Crippen molar-refractivity contribution >= 4 is 65.5 Å². The Kier molecular flexibility index (Phi) is 9.10. The van der Waals surface area contributed by atoms with E-state index in [1.54, 1.807) is 0 Å². The molecule has 2 aromatic rings. The Morgan fingerprint density at radius 2 is 1.36 bits per heavy atom. The lowest BCUT2D eigenvalue weighted by Crippen LogP contribution is -2.50. The van der Waals surface area contributed by atoms with Gasteiger partial charge in [0.25, 0.3) is 10.1 Å². The zero-order valence-corrected chi connectivity index (χ0v) is 22.2. The zero-order valence-electron chi connectivity index (χ0n) is 18.1. The highest BCUT2D eigenvalue weighted by Gasteiger charge is 2.65. The van der Waals surface area contributed by atoms with Gasteiger partial charge < -0.3 is 18.6 Å². The molecule has 0 aliphatic rings. The highest BCUT2D eigenvalue weighted by atomic mass is 32.3. The number of aliphatic carboxylic acids is 2. The minimum Gasteiger partial charge on any atom is -0.481 e. The Morgan fingerprint density at radius 3 is 1.81 bits per heavy atom. The van der Waals surface area contributed by atoms with E-state index in [9.17, 15) is 49.6 Å². The Hall–Kier alpha value is -2.33. The average Bonchev–Trinajstić information content (AvgIpc) is 3.33. The van der Waals surface area contributed by atoms with Crippen molar-refractivity contribution < 1.29 is 66.3 Å². The number of rotatable bonds is 14. The van der Waals surface area contributed by atoms with Crippen molar-refractivity contribution in [3.05, 3.63) is 32.6 Å². The number of carbonyl (C=O) groups is 2. The molecular formula is C16H18O15S5. The summed E-state index contributed by atoms with van der Waals surface area (Å²) in [5.74, 6) is -9.18. The predicted molar refractivity (Wildman–Crippen MR) is 122 cm³/mol. The first kappa shape index (κ1) is 29.9. The smallest absolute Gasteiger partial charge is 0.449 e. The van der Waals surface area contributed by atoms with Crippen molar-refractivity contribution in [1.29, 1.82) is 0 Å². The summed E-state index contributed by atoms with van der Waals surface area (Å²) >= 11 is 0.619. The van der Waals surface area contributed by atoms with E-state index in [0.29, 0.717) is 11.3 Å². The molecule has 36 heavy (non-hydrogen) atoms. The van der Waals surface area contributed by atoms with Gasteiger partial charge in [-0.15, -0.1) is 22.7 Å². The van der Waals surface area contributed by atoms with Gasteiger partial charge in [-0.3, -0.25) is 9.35 Å². The normalized spacial score (nSPS) is 15.1. The van der Waals surface area contributed by atoms with E-state index in [0.717, 1.165) is 22.9 Å². The lowest BCUT2D eigenvalue weighted by molar-refractivity contribution is -0.149. The van der Waals surface area contributed by atoms with Crippen LogP contribution in [-0.4, -0.2) is 65.2 Å². The third kappa shape index (κ3) is 5.96. The summed E-state index contributed by atoms with van der Waals surface area (Å²) in [6, 6.07) is 1.71. The van der Waals surface area contributed by atoms with Gasteiger partial charge in [-0.05, 0) is 36.7 Å². The van der Waals surface area contributed by atoms with Gasteiger partial charge in [0.05, 0.1) is 23.0 Å². The summed E-state index contributed by atoms with van der Waals surface area (Å²) < 4.78 is 97.6. The second-order valence-corrected chi connectivity index (χ2v) is 12.2. The number of carboxylic acid groups (broad SMARTS) is 2. The summed E-state index contributed by atoms with van der Waals surface area (Å²) in [4.78, 5) is 23.1. The molecule has 0 aliphatic heterocycles. The molecule has 2 aromatic heterocycles. The molecule has 0 amide bonds. The van der Waals surface area contributed by atoms with Crippen LogP contribution in [0, 0.1) is 0 Å². The second-order valence-electron chi connectivity index (χ2n) is 6.35. The fourth-order valence-corrected chi connectivity index (χ4v) is 8.00. The van der Waals surface area contributed by atoms with Crippen molar-refractivity contribution in [2.75, 3.05) is 13.2 Å². The maximum atomic E-state index is 12.7. The largest absolute Gasteiger partial charge is 0.481 e. The van der Waals surface area contributed by atoms with Crippen LogP contribution in [0.3, 0.4) is 0 Å². The van der Waals surface area contributed by atoms with Crippen molar-refractivity contribution in [3.63, 3.8) is 0 Å². The van der Waals surface area contributed by atoms with Crippen LogP contribution in [0.1, 0.15) is 29.5 Å². The van der Waals surface area contributed by atoms with E-state index in [4.69, 9.17) is 0 Å². The van der Waals surface area contributed by atoms with Gasteiger partial charge in [0.2, 0.25) is 4.75 Å². The van der Waals surface area contributed by atoms with Crippen molar-refractivity contribution in [2.45, 2.75) is 24.5 Å². The van der Waals surface area contributed by atoms with E-state index in [1.165, 1.54) is 13.8 Å². The second kappa shape index (κ2) is 11.0. The van der Waals surface area contributed by atoms with Gasteiger partial charge in [0.1, 0.15) is 5.92 Å². The number of hydrogen-bond acceptors (Lipinski definition) is 14. The topological polar surface area (TPSA) is 234 Å². The number of hydrogen-bond donors (Lipinski definition) is 3. The number of thiophene rings is 2. The first-order valence-corrected chi connectivity index (χ1v) is 15.2. The maximum absolute atomic E-state index is 12.7. The molecule has 0 spiro atoms. The first-order chi connectivity index (χ1) is 16.5. The molecule has 0 aromatic carbocycles.